The Bertz CT molecular complexity index is 335. The predicted molar refractivity (Wildman–Crippen MR) is 50.7 cm³/mol. The first kappa shape index (κ1) is 7.15. The molecule has 0 saturated heterocycles. The molecule has 0 unspecified atom stereocenters. The summed E-state index contributed by atoms with van der Waals surface area (Å²) in [6.07, 6.45) is 0. The van der Waals surface area contributed by atoms with Crippen molar-refractivity contribution in [3.8, 4) is 0 Å². The molecular weight excluding hydrogens is 300 g/mol. The van der Waals surface area contributed by atoms with Gasteiger partial charge in [-0.15, -0.1) is 16.4 Å². The molecular formula is C4Br2N2S2. The first-order valence-corrected chi connectivity index (χ1v) is 5.52. The number of nitrogens with zero attached hydrogens (tertiary/aromatic N) is 2. The highest BCUT2D eigenvalue weighted by Gasteiger charge is 2.09. The summed E-state index contributed by atoms with van der Waals surface area (Å²) >= 11 is 9.84. The summed E-state index contributed by atoms with van der Waals surface area (Å²) < 4.78 is 7.09. The molecule has 52 valence electrons. The maximum atomic E-state index is 3.94. The molecule has 0 bridgehead atoms. The highest BCUT2D eigenvalue weighted by Crippen LogP contribution is 2.39. The van der Waals surface area contributed by atoms with Crippen molar-refractivity contribution in [2.24, 2.45) is 0 Å². The molecule has 2 nitrogen and oxygen atoms in total. The maximum Gasteiger partial charge on any atom is 0.132 e. The lowest BCUT2D eigenvalue weighted by atomic mass is 10.6. The molecule has 0 atom stereocenters. The van der Waals surface area contributed by atoms with Gasteiger partial charge < -0.3 is 0 Å². The third-order valence-corrected chi connectivity index (χ3v) is 4.67. The van der Waals surface area contributed by atoms with Gasteiger partial charge in [-0.3, -0.25) is 0 Å². The van der Waals surface area contributed by atoms with Gasteiger partial charge in [0.05, 0.1) is 3.79 Å². The molecule has 0 saturated carbocycles. The van der Waals surface area contributed by atoms with Gasteiger partial charge in [-0.05, 0) is 43.4 Å². The van der Waals surface area contributed by atoms with Gasteiger partial charge in [0.15, 0.2) is 0 Å². The minimum atomic E-state index is 0.960. The summed E-state index contributed by atoms with van der Waals surface area (Å²) in [5, 5.41) is 3.94. The average Bonchev–Trinajstić information content (AvgIpc) is 2.39. The average molecular weight is 300 g/mol. The van der Waals surface area contributed by atoms with Gasteiger partial charge in [0.2, 0.25) is 0 Å². The highest BCUT2D eigenvalue weighted by molar-refractivity contribution is 9.12. The zero-order valence-corrected chi connectivity index (χ0v) is 9.27. The van der Waals surface area contributed by atoms with Crippen LogP contribution in [-0.4, -0.2) is 9.59 Å². The van der Waals surface area contributed by atoms with Crippen LogP contribution < -0.4 is 0 Å². The van der Waals surface area contributed by atoms with E-state index in [0.29, 0.717) is 0 Å². The molecule has 10 heavy (non-hydrogen) atoms. The first-order valence-electron chi connectivity index (χ1n) is 2.35. The quantitative estimate of drug-likeness (QED) is 0.746. The fraction of sp³-hybridized carbons (Fsp3) is 0. The third-order valence-electron chi connectivity index (χ3n) is 1.03. The van der Waals surface area contributed by atoms with E-state index in [1.165, 1.54) is 11.5 Å². The van der Waals surface area contributed by atoms with Crippen LogP contribution in [-0.2, 0) is 0 Å². The normalized spacial score (nSPS) is 11.0. The number of aromatic nitrogens is 2. The molecule has 6 heteroatoms. The molecule has 2 aromatic rings. The highest BCUT2D eigenvalue weighted by atomic mass is 79.9. The molecule has 2 heterocycles. The van der Waals surface area contributed by atoms with Gasteiger partial charge in [0.1, 0.15) is 14.0 Å². The molecule has 0 aromatic carbocycles. The van der Waals surface area contributed by atoms with Gasteiger partial charge >= 0.3 is 0 Å². The number of fused-ring (bicyclic) bond motifs is 1. The van der Waals surface area contributed by atoms with Crippen molar-refractivity contribution in [1.82, 2.24) is 9.59 Å². The fourth-order valence-electron chi connectivity index (χ4n) is 0.622. The summed E-state index contributed by atoms with van der Waals surface area (Å²) in [6, 6.07) is 0. The lowest BCUT2D eigenvalue weighted by Gasteiger charge is -1.71. The van der Waals surface area contributed by atoms with Crippen LogP contribution in [0.4, 0.5) is 0 Å². The Balaban J connectivity index is 2.98. The van der Waals surface area contributed by atoms with Gasteiger partial charge in [-0.2, -0.15) is 0 Å². The van der Waals surface area contributed by atoms with Crippen molar-refractivity contribution in [2.45, 2.75) is 0 Å². The monoisotopic (exact) mass is 298 g/mol. The maximum absolute atomic E-state index is 3.94. The Hall–Kier alpha value is 0.480. The second-order valence-electron chi connectivity index (χ2n) is 1.60. The van der Waals surface area contributed by atoms with E-state index in [1.54, 1.807) is 11.3 Å². The van der Waals surface area contributed by atoms with E-state index in [2.05, 4.69) is 41.4 Å². The van der Waals surface area contributed by atoms with E-state index in [0.717, 1.165) is 17.8 Å². The summed E-state index contributed by atoms with van der Waals surface area (Å²) in [6.45, 7) is 0. The van der Waals surface area contributed by atoms with Gasteiger partial charge in [-0.25, -0.2) is 0 Å². The number of hydrogen-bond donors (Lipinski definition) is 0. The van der Waals surface area contributed by atoms with Crippen molar-refractivity contribution >= 4 is 64.9 Å². The number of rotatable bonds is 0. The zero-order valence-electron chi connectivity index (χ0n) is 4.47. The van der Waals surface area contributed by atoms with Crippen LogP contribution in [0.1, 0.15) is 0 Å². The topological polar surface area (TPSA) is 25.8 Å². The second-order valence-corrected chi connectivity index (χ2v) is 6.01. The van der Waals surface area contributed by atoms with Crippen molar-refractivity contribution in [3.05, 3.63) is 7.57 Å². The van der Waals surface area contributed by atoms with Crippen LogP contribution >= 0.6 is 54.7 Å². The molecule has 0 aliphatic rings. The summed E-state index contributed by atoms with van der Waals surface area (Å²) in [7, 11) is 0. The molecule has 0 aliphatic heterocycles. The Kier molecular flexibility index (Phi) is 1.79. The standard InChI is InChI=1S/C4Br2N2S2/c5-3-1-2(4(6)9-3)10-8-7-1. The van der Waals surface area contributed by atoms with E-state index >= 15 is 0 Å². The van der Waals surface area contributed by atoms with E-state index in [1.807, 2.05) is 0 Å². The zero-order chi connectivity index (χ0) is 7.14. The van der Waals surface area contributed by atoms with E-state index in [9.17, 15) is 0 Å². The Morgan fingerprint density at radius 1 is 1.20 bits per heavy atom. The molecule has 0 spiro atoms. The van der Waals surface area contributed by atoms with Gasteiger partial charge in [-0.1, -0.05) is 4.49 Å². The molecule has 0 amide bonds. The van der Waals surface area contributed by atoms with Crippen molar-refractivity contribution in [3.63, 3.8) is 0 Å². The Morgan fingerprint density at radius 3 is 2.70 bits per heavy atom. The predicted octanol–water partition coefficient (Wildman–Crippen LogP) is 3.28. The van der Waals surface area contributed by atoms with Crippen molar-refractivity contribution in [1.29, 1.82) is 0 Å². The Morgan fingerprint density at radius 2 is 2.00 bits per heavy atom. The molecule has 0 aliphatic carbocycles. The van der Waals surface area contributed by atoms with Crippen LogP contribution in [0.3, 0.4) is 0 Å². The van der Waals surface area contributed by atoms with Crippen molar-refractivity contribution < 1.29 is 0 Å². The summed E-state index contributed by atoms with van der Waals surface area (Å²) in [4.78, 5) is 0. The minimum Gasteiger partial charge on any atom is -0.136 e. The first-order chi connectivity index (χ1) is 4.79. The van der Waals surface area contributed by atoms with Crippen LogP contribution in [0.2, 0.25) is 0 Å². The molecule has 0 radical (unpaired) electrons. The second kappa shape index (κ2) is 2.51. The Labute approximate surface area is 81.7 Å². The minimum absolute atomic E-state index is 0.960. The van der Waals surface area contributed by atoms with Crippen LogP contribution in [0.15, 0.2) is 7.57 Å². The van der Waals surface area contributed by atoms with Crippen LogP contribution in [0.5, 0.6) is 0 Å². The van der Waals surface area contributed by atoms with E-state index in [-0.39, 0.29) is 0 Å². The number of thiophene rings is 1. The van der Waals surface area contributed by atoms with Crippen LogP contribution in [0, 0.1) is 0 Å². The summed E-state index contributed by atoms with van der Waals surface area (Å²) in [5.41, 5.74) is 0.960. The number of halogens is 2. The van der Waals surface area contributed by atoms with E-state index in [4.69, 9.17) is 0 Å². The fourth-order valence-corrected chi connectivity index (χ4v) is 4.45. The summed E-state index contributed by atoms with van der Waals surface area (Å²) in [5.74, 6) is 0. The van der Waals surface area contributed by atoms with Crippen LogP contribution in [0.25, 0.3) is 10.2 Å². The molecule has 2 aromatic heterocycles. The molecule has 0 fully saturated rings. The smallest absolute Gasteiger partial charge is 0.132 e. The molecule has 0 N–H and O–H groups in total. The van der Waals surface area contributed by atoms with Gasteiger partial charge in [0, 0.05) is 0 Å². The lowest BCUT2D eigenvalue weighted by Crippen LogP contribution is -1.60. The SMILES string of the molecule is Brc1sc(Br)c2snnc12. The molecule has 2 rings (SSSR count). The number of hydrogen-bond acceptors (Lipinski definition) is 4. The lowest BCUT2D eigenvalue weighted by molar-refractivity contribution is 1.20. The van der Waals surface area contributed by atoms with Crippen molar-refractivity contribution in [2.75, 3.05) is 0 Å². The van der Waals surface area contributed by atoms with Gasteiger partial charge in [0.25, 0.3) is 0 Å². The third kappa shape index (κ3) is 0.939. The van der Waals surface area contributed by atoms with E-state index < -0.39 is 0 Å². The largest absolute Gasteiger partial charge is 0.136 e.